The molecule has 0 fully saturated rings. The van der Waals surface area contributed by atoms with Gasteiger partial charge < -0.3 is 5.32 Å². The minimum atomic E-state index is 0.0944. The zero-order valence-corrected chi connectivity index (χ0v) is 11.6. The van der Waals surface area contributed by atoms with Crippen molar-refractivity contribution in [2.75, 3.05) is 11.1 Å². The normalized spacial score (nSPS) is 19.2. The zero-order valence-electron chi connectivity index (χ0n) is 10.8. The number of benzene rings is 1. The number of nitrogens with zero attached hydrogens (tertiary/aromatic N) is 1. The van der Waals surface area contributed by atoms with Gasteiger partial charge in [0.2, 0.25) is 0 Å². The number of hydrogen-bond donors (Lipinski definition) is 1. The minimum Gasteiger partial charge on any atom is -0.335 e. The van der Waals surface area contributed by atoms with E-state index >= 15 is 0 Å². The molecule has 1 aliphatic heterocycles. The van der Waals surface area contributed by atoms with Gasteiger partial charge in [-0.1, -0.05) is 18.7 Å². The van der Waals surface area contributed by atoms with E-state index < -0.39 is 0 Å². The van der Waals surface area contributed by atoms with E-state index in [-0.39, 0.29) is 5.78 Å². The first-order chi connectivity index (χ1) is 8.69. The summed E-state index contributed by atoms with van der Waals surface area (Å²) in [7, 11) is 0. The molecule has 1 atom stereocenters. The van der Waals surface area contributed by atoms with E-state index in [1.807, 2.05) is 24.3 Å². The third kappa shape index (κ3) is 3.35. The third-order valence-electron chi connectivity index (χ3n) is 3.00. The van der Waals surface area contributed by atoms with E-state index in [4.69, 9.17) is 0 Å². The Balaban J connectivity index is 2.05. The molecule has 1 unspecified atom stereocenters. The Morgan fingerprint density at radius 2 is 2.17 bits per heavy atom. The van der Waals surface area contributed by atoms with E-state index in [0.29, 0.717) is 6.04 Å². The molecule has 96 valence electrons. The first-order valence-corrected chi connectivity index (χ1v) is 7.26. The maximum absolute atomic E-state index is 11.2. The van der Waals surface area contributed by atoms with Gasteiger partial charge in [0.05, 0.1) is 6.04 Å². The largest absolute Gasteiger partial charge is 0.335 e. The topological polar surface area (TPSA) is 41.5 Å². The predicted molar refractivity (Wildman–Crippen MR) is 78.7 cm³/mol. The zero-order chi connectivity index (χ0) is 13.0. The van der Waals surface area contributed by atoms with Crippen LogP contribution in [0.3, 0.4) is 0 Å². The lowest BCUT2D eigenvalue weighted by Gasteiger charge is -2.19. The number of carbonyl (C=O) groups excluding carboxylic acids is 1. The molecule has 1 aromatic carbocycles. The highest BCUT2D eigenvalue weighted by Crippen LogP contribution is 2.21. The molecule has 1 N–H and O–H groups in total. The van der Waals surface area contributed by atoms with E-state index in [1.54, 1.807) is 18.7 Å². The molecule has 0 radical (unpaired) electrons. The van der Waals surface area contributed by atoms with Crippen molar-refractivity contribution in [3.63, 3.8) is 0 Å². The standard InChI is InChI=1S/C14H18N2OS/c1-3-12-8-9-18-14(15-12)16-13-6-4-11(5-7-13)10(2)17/h4-7,12H,3,8-9H2,1-2H3,(H,15,16). The second-order valence-electron chi connectivity index (χ2n) is 4.39. The van der Waals surface area contributed by atoms with Gasteiger partial charge in [0.25, 0.3) is 0 Å². The fraction of sp³-hybridized carbons (Fsp3) is 0.429. The second-order valence-corrected chi connectivity index (χ2v) is 5.48. The molecule has 18 heavy (non-hydrogen) atoms. The van der Waals surface area contributed by atoms with Crippen LogP contribution < -0.4 is 5.32 Å². The monoisotopic (exact) mass is 262 g/mol. The number of hydrogen-bond acceptors (Lipinski definition) is 4. The number of carbonyl (C=O) groups is 1. The van der Waals surface area contributed by atoms with E-state index in [2.05, 4.69) is 17.2 Å². The Hall–Kier alpha value is -1.29. The molecule has 1 aromatic rings. The SMILES string of the molecule is CCC1CCSC(Nc2ccc(C(C)=O)cc2)=N1. The number of Topliss-reactive ketones (excluding diaryl/α,β-unsaturated/α-hetero) is 1. The fourth-order valence-electron chi connectivity index (χ4n) is 1.83. The molecule has 0 aromatic heterocycles. The summed E-state index contributed by atoms with van der Waals surface area (Å²) in [5, 5.41) is 4.30. The maximum atomic E-state index is 11.2. The van der Waals surface area contributed by atoms with Gasteiger partial charge in [-0.25, -0.2) is 0 Å². The minimum absolute atomic E-state index is 0.0944. The summed E-state index contributed by atoms with van der Waals surface area (Å²) in [5.74, 6) is 1.22. The number of rotatable bonds is 3. The Kier molecular flexibility index (Phi) is 4.42. The smallest absolute Gasteiger partial charge is 0.161 e. The van der Waals surface area contributed by atoms with Gasteiger partial charge in [0, 0.05) is 17.0 Å². The molecule has 3 nitrogen and oxygen atoms in total. The molecule has 4 heteroatoms. The quantitative estimate of drug-likeness (QED) is 0.847. The Bertz CT molecular complexity index is 453. The summed E-state index contributed by atoms with van der Waals surface area (Å²) in [5.41, 5.74) is 1.73. The number of amidine groups is 1. The molecule has 0 spiro atoms. The summed E-state index contributed by atoms with van der Waals surface area (Å²) in [6.07, 6.45) is 2.25. The molecular formula is C14H18N2OS. The molecule has 0 saturated heterocycles. The van der Waals surface area contributed by atoms with Crippen LogP contribution in [-0.2, 0) is 0 Å². The average Bonchev–Trinajstić information content (AvgIpc) is 2.39. The van der Waals surface area contributed by atoms with Gasteiger partial charge in [-0.05, 0) is 44.0 Å². The molecule has 1 heterocycles. The van der Waals surface area contributed by atoms with E-state index in [0.717, 1.165) is 35.0 Å². The summed E-state index contributed by atoms with van der Waals surface area (Å²) < 4.78 is 0. The molecule has 2 rings (SSSR count). The van der Waals surface area contributed by atoms with Gasteiger partial charge in [-0.3, -0.25) is 9.79 Å². The van der Waals surface area contributed by atoms with Crippen molar-refractivity contribution in [1.82, 2.24) is 0 Å². The van der Waals surface area contributed by atoms with Crippen LogP contribution in [0.2, 0.25) is 0 Å². The second kappa shape index (κ2) is 6.05. The van der Waals surface area contributed by atoms with Crippen molar-refractivity contribution >= 4 is 28.4 Å². The van der Waals surface area contributed by atoms with Crippen LogP contribution in [0.5, 0.6) is 0 Å². The fourth-order valence-corrected chi connectivity index (χ4v) is 2.83. The number of nitrogens with one attached hydrogen (secondary N) is 1. The van der Waals surface area contributed by atoms with Crippen molar-refractivity contribution in [3.8, 4) is 0 Å². The van der Waals surface area contributed by atoms with Crippen LogP contribution in [0, 0.1) is 0 Å². The highest BCUT2D eigenvalue weighted by molar-refractivity contribution is 8.14. The highest BCUT2D eigenvalue weighted by Gasteiger charge is 2.13. The molecular weight excluding hydrogens is 244 g/mol. The van der Waals surface area contributed by atoms with Gasteiger partial charge in [-0.15, -0.1) is 0 Å². The van der Waals surface area contributed by atoms with Crippen molar-refractivity contribution in [1.29, 1.82) is 0 Å². The summed E-state index contributed by atoms with van der Waals surface area (Å²) in [6, 6.07) is 7.99. The van der Waals surface area contributed by atoms with Crippen LogP contribution in [0.15, 0.2) is 29.3 Å². The summed E-state index contributed by atoms with van der Waals surface area (Å²) in [6.45, 7) is 3.75. The first kappa shape index (κ1) is 13.1. The van der Waals surface area contributed by atoms with Crippen LogP contribution in [0.1, 0.15) is 37.0 Å². The number of anilines is 1. The highest BCUT2D eigenvalue weighted by atomic mass is 32.2. The molecule has 0 saturated carbocycles. The summed E-state index contributed by atoms with van der Waals surface area (Å²) in [4.78, 5) is 15.8. The predicted octanol–water partition coefficient (Wildman–Crippen LogP) is 3.57. The van der Waals surface area contributed by atoms with Crippen LogP contribution in [0.25, 0.3) is 0 Å². The van der Waals surface area contributed by atoms with Crippen molar-refractivity contribution in [2.24, 2.45) is 4.99 Å². The molecule has 0 aliphatic carbocycles. The van der Waals surface area contributed by atoms with Gasteiger partial charge in [0.15, 0.2) is 11.0 Å². The number of aliphatic imine (C=N–C) groups is 1. The van der Waals surface area contributed by atoms with Crippen molar-refractivity contribution in [2.45, 2.75) is 32.7 Å². The Morgan fingerprint density at radius 1 is 1.44 bits per heavy atom. The lowest BCUT2D eigenvalue weighted by Crippen LogP contribution is -2.19. The van der Waals surface area contributed by atoms with Crippen LogP contribution in [0.4, 0.5) is 5.69 Å². The van der Waals surface area contributed by atoms with Crippen LogP contribution in [-0.4, -0.2) is 22.7 Å². The number of thioether (sulfide) groups is 1. The molecule has 0 bridgehead atoms. The number of ketones is 1. The average molecular weight is 262 g/mol. The van der Waals surface area contributed by atoms with E-state index in [9.17, 15) is 4.79 Å². The van der Waals surface area contributed by atoms with Gasteiger partial charge in [-0.2, -0.15) is 0 Å². The van der Waals surface area contributed by atoms with E-state index in [1.165, 1.54) is 0 Å². The third-order valence-corrected chi connectivity index (χ3v) is 3.92. The summed E-state index contributed by atoms with van der Waals surface area (Å²) >= 11 is 1.76. The lowest BCUT2D eigenvalue weighted by molar-refractivity contribution is 0.101. The van der Waals surface area contributed by atoms with Crippen LogP contribution >= 0.6 is 11.8 Å². The Morgan fingerprint density at radius 3 is 2.78 bits per heavy atom. The van der Waals surface area contributed by atoms with Crippen molar-refractivity contribution < 1.29 is 4.79 Å². The molecule has 1 aliphatic rings. The lowest BCUT2D eigenvalue weighted by atomic mass is 10.1. The first-order valence-electron chi connectivity index (χ1n) is 6.27. The van der Waals surface area contributed by atoms with Crippen molar-refractivity contribution in [3.05, 3.63) is 29.8 Å². The molecule has 0 amide bonds. The Labute approximate surface area is 112 Å². The van der Waals surface area contributed by atoms with Gasteiger partial charge in [0.1, 0.15) is 0 Å². The maximum Gasteiger partial charge on any atom is 0.161 e. The van der Waals surface area contributed by atoms with Gasteiger partial charge >= 0.3 is 0 Å².